The second-order valence-corrected chi connectivity index (χ2v) is 5.64. The third-order valence-electron chi connectivity index (χ3n) is 3.79. The molecule has 0 aliphatic rings. The Hall–Kier alpha value is -1.97. The van der Waals surface area contributed by atoms with Gasteiger partial charge in [-0.15, -0.1) is 0 Å². The maximum Gasteiger partial charge on any atom is 0.336 e. The van der Waals surface area contributed by atoms with Crippen molar-refractivity contribution in [3.8, 4) is 0 Å². The molecule has 0 spiro atoms. The Morgan fingerprint density at radius 3 is 2.42 bits per heavy atom. The van der Waals surface area contributed by atoms with Crippen molar-refractivity contribution in [3.05, 3.63) is 40.2 Å². The van der Waals surface area contributed by atoms with Crippen LogP contribution in [0.15, 0.2) is 33.5 Å². The molecule has 0 aliphatic carbocycles. The first-order chi connectivity index (χ1) is 11.3. The van der Waals surface area contributed by atoms with Gasteiger partial charge in [0, 0.05) is 29.8 Å². The number of anilines is 1. The van der Waals surface area contributed by atoms with Gasteiger partial charge < -0.3 is 35.3 Å². The van der Waals surface area contributed by atoms with Crippen LogP contribution in [0, 0.1) is 6.92 Å². The summed E-state index contributed by atoms with van der Waals surface area (Å²) in [6.45, 7) is 0.930. The Morgan fingerprint density at radius 2 is 1.75 bits per heavy atom. The summed E-state index contributed by atoms with van der Waals surface area (Å²) < 4.78 is 5.11. The number of fused-ring (bicyclic) bond motifs is 1. The zero-order valence-corrected chi connectivity index (χ0v) is 13.1. The largest absolute Gasteiger partial charge is 0.423 e. The molecule has 0 bridgehead atoms. The molecule has 0 fully saturated rings. The van der Waals surface area contributed by atoms with Gasteiger partial charge in [0.1, 0.15) is 23.9 Å². The van der Waals surface area contributed by atoms with Gasteiger partial charge >= 0.3 is 5.63 Å². The maximum atomic E-state index is 11.4. The van der Waals surface area contributed by atoms with Crippen LogP contribution in [0.1, 0.15) is 5.56 Å². The highest BCUT2D eigenvalue weighted by Gasteiger charge is 2.29. The second kappa shape index (κ2) is 7.73. The number of aryl methyl sites for hydroxylation is 1. The molecule has 0 radical (unpaired) electrons. The first-order valence-corrected chi connectivity index (χ1v) is 7.45. The number of rotatable bonds is 7. The Morgan fingerprint density at radius 1 is 1.08 bits per heavy atom. The highest BCUT2D eigenvalue weighted by molar-refractivity contribution is 5.83. The lowest BCUT2D eigenvalue weighted by Gasteiger charge is -2.26. The van der Waals surface area contributed by atoms with Gasteiger partial charge in [0.2, 0.25) is 0 Å². The van der Waals surface area contributed by atoms with Crippen molar-refractivity contribution in [3.63, 3.8) is 0 Å². The van der Waals surface area contributed by atoms with E-state index in [4.69, 9.17) is 9.52 Å². The molecule has 0 saturated heterocycles. The van der Waals surface area contributed by atoms with E-state index < -0.39 is 36.6 Å². The van der Waals surface area contributed by atoms with E-state index in [-0.39, 0.29) is 6.54 Å². The smallest absolute Gasteiger partial charge is 0.336 e. The first-order valence-electron chi connectivity index (χ1n) is 7.45. The van der Waals surface area contributed by atoms with Crippen LogP contribution in [0.3, 0.4) is 0 Å². The van der Waals surface area contributed by atoms with Crippen molar-refractivity contribution in [1.82, 2.24) is 0 Å². The van der Waals surface area contributed by atoms with Crippen LogP contribution < -0.4 is 10.9 Å². The zero-order valence-electron chi connectivity index (χ0n) is 13.1. The fourth-order valence-corrected chi connectivity index (χ4v) is 2.34. The van der Waals surface area contributed by atoms with Gasteiger partial charge in [-0.3, -0.25) is 0 Å². The average Bonchev–Trinajstić information content (AvgIpc) is 2.56. The van der Waals surface area contributed by atoms with Gasteiger partial charge in [-0.05, 0) is 24.6 Å². The molecule has 4 atom stereocenters. The summed E-state index contributed by atoms with van der Waals surface area (Å²) in [7, 11) is 0. The monoisotopic (exact) mass is 339 g/mol. The second-order valence-electron chi connectivity index (χ2n) is 5.64. The van der Waals surface area contributed by atoms with Crippen molar-refractivity contribution in [1.29, 1.82) is 0 Å². The van der Waals surface area contributed by atoms with E-state index in [2.05, 4.69) is 5.32 Å². The summed E-state index contributed by atoms with van der Waals surface area (Å²) >= 11 is 0. The quantitative estimate of drug-likeness (QED) is 0.351. The molecule has 132 valence electrons. The number of nitrogens with one attached hydrogen (secondary N) is 1. The molecule has 2 rings (SSSR count). The molecule has 1 aromatic carbocycles. The molecule has 24 heavy (non-hydrogen) atoms. The summed E-state index contributed by atoms with van der Waals surface area (Å²) in [5.74, 6) is 0. The fourth-order valence-electron chi connectivity index (χ4n) is 2.34. The zero-order chi connectivity index (χ0) is 17.9. The average molecular weight is 339 g/mol. The number of aliphatic hydroxyl groups is 5. The SMILES string of the molecule is Cc1cc(=O)oc2cc(NCC(O)C(O)C(O)C(O)CO)ccc12. The molecule has 1 aromatic heterocycles. The van der Waals surface area contributed by atoms with E-state index in [9.17, 15) is 25.2 Å². The standard InChI is InChI=1S/C16H21NO7/c1-8-4-14(21)24-13-5-9(2-3-10(8)13)17-6-11(19)15(22)16(23)12(20)7-18/h2-5,11-12,15-20,22-23H,6-7H2,1H3. The van der Waals surface area contributed by atoms with Crippen molar-refractivity contribution in [2.24, 2.45) is 0 Å². The van der Waals surface area contributed by atoms with Gasteiger partial charge in [-0.25, -0.2) is 4.79 Å². The van der Waals surface area contributed by atoms with Gasteiger partial charge in [0.05, 0.1) is 12.7 Å². The predicted octanol–water partition coefficient (Wildman–Crippen LogP) is -1.05. The molecule has 2 aromatic rings. The summed E-state index contributed by atoms with van der Waals surface area (Å²) in [5.41, 5.74) is 1.24. The normalized spacial score (nSPS) is 16.6. The van der Waals surface area contributed by atoms with E-state index in [0.717, 1.165) is 10.9 Å². The maximum absolute atomic E-state index is 11.4. The summed E-state index contributed by atoms with van der Waals surface area (Å²) in [6.07, 6.45) is -6.25. The van der Waals surface area contributed by atoms with Gasteiger partial charge in [0.25, 0.3) is 0 Å². The molecule has 4 unspecified atom stereocenters. The van der Waals surface area contributed by atoms with Crippen molar-refractivity contribution < 1.29 is 29.9 Å². The van der Waals surface area contributed by atoms with Gasteiger partial charge in [-0.1, -0.05) is 0 Å². The molecule has 0 aliphatic heterocycles. The van der Waals surface area contributed by atoms with Crippen molar-refractivity contribution in [2.45, 2.75) is 31.3 Å². The molecule has 8 nitrogen and oxygen atoms in total. The topological polar surface area (TPSA) is 143 Å². The van der Waals surface area contributed by atoms with Crippen LogP contribution >= 0.6 is 0 Å². The van der Waals surface area contributed by atoms with Crippen LogP contribution in [0.25, 0.3) is 11.0 Å². The lowest BCUT2D eigenvalue weighted by atomic mass is 10.0. The fraction of sp³-hybridized carbons (Fsp3) is 0.438. The lowest BCUT2D eigenvalue weighted by molar-refractivity contribution is -0.111. The number of aliphatic hydroxyl groups excluding tert-OH is 5. The minimum absolute atomic E-state index is 0.127. The van der Waals surface area contributed by atoms with Crippen LogP contribution in [0.2, 0.25) is 0 Å². The number of hydrogen-bond donors (Lipinski definition) is 6. The molecule has 8 heteroatoms. The summed E-state index contributed by atoms with van der Waals surface area (Å²) in [5, 5.41) is 50.8. The predicted molar refractivity (Wildman–Crippen MR) is 86.8 cm³/mol. The Balaban J connectivity index is 2.06. The number of hydrogen-bond acceptors (Lipinski definition) is 8. The molecule has 1 heterocycles. The third-order valence-corrected chi connectivity index (χ3v) is 3.79. The molecule has 6 N–H and O–H groups in total. The first kappa shape index (κ1) is 18.4. The van der Waals surface area contributed by atoms with E-state index in [1.165, 1.54) is 6.07 Å². The van der Waals surface area contributed by atoms with Crippen LogP contribution in [0.5, 0.6) is 0 Å². The van der Waals surface area contributed by atoms with Crippen molar-refractivity contribution >= 4 is 16.7 Å². The van der Waals surface area contributed by atoms with E-state index >= 15 is 0 Å². The highest BCUT2D eigenvalue weighted by atomic mass is 16.4. The number of benzene rings is 1. The van der Waals surface area contributed by atoms with Crippen LogP contribution in [0.4, 0.5) is 5.69 Å². The Bertz CT molecular complexity index is 745. The molecular weight excluding hydrogens is 318 g/mol. The highest BCUT2D eigenvalue weighted by Crippen LogP contribution is 2.20. The van der Waals surface area contributed by atoms with E-state index in [1.54, 1.807) is 25.1 Å². The summed E-state index contributed by atoms with van der Waals surface area (Å²) in [4.78, 5) is 11.4. The third kappa shape index (κ3) is 4.11. The van der Waals surface area contributed by atoms with Crippen molar-refractivity contribution in [2.75, 3.05) is 18.5 Å². The molecule has 0 saturated carbocycles. The van der Waals surface area contributed by atoms with Gasteiger partial charge in [0.15, 0.2) is 0 Å². The Labute approximate surface area is 137 Å². The Kier molecular flexibility index (Phi) is 5.92. The van der Waals surface area contributed by atoms with Gasteiger partial charge in [-0.2, -0.15) is 0 Å². The molecule has 0 amide bonds. The molecular formula is C16H21NO7. The lowest BCUT2D eigenvalue weighted by Crippen LogP contribution is -2.47. The van der Waals surface area contributed by atoms with Crippen LogP contribution in [-0.2, 0) is 0 Å². The summed E-state index contributed by atoms with van der Waals surface area (Å²) in [6, 6.07) is 6.45. The minimum atomic E-state index is -1.68. The minimum Gasteiger partial charge on any atom is -0.423 e. The van der Waals surface area contributed by atoms with E-state index in [1.807, 2.05) is 0 Å². The van der Waals surface area contributed by atoms with Crippen LogP contribution in [-0.4, -0.2) is 63.1 Å². The van der Waals surface area contributed by atoms with E-state index in [0.29, 0.717) is 11.3 Å².